The lowest BCUT2D eigenvalue weighted by molar-refractivity contribution is -0.142. The summed E-state index contributed by atoms with van der Waals surface area (Å²) in [7, 11) is 1.68. The Morgan fingerprint density at radius 2 is 2.19 bits per heavy atom. The molecule has 7 heteroatoms. The Bertz CT molecular complexity index is 496. The molecule has 0 saturated carbocycles. The van der Waals surface area contributed by atoms with Crippen LogP contribution in [0.25, 0.3) is 0 Å². The fraction of sp³-hybridized carbons (Fsp3) is 0.429. The molecule has 21 heavy (non-hydrogen) atoms. The second kappa shape index (κ2) is 8.49. The second-order valence-electron chi connectivity index (χ2n) is 4.52. The normalized spacial score (nSPS) is 11.8. The highest BCUT2D eigenvalue weighted by atomic mass is 35.5. The maximum atomic E-state index is 11.9. The number of nitrogens with one attached hydrogen (secondary N) is 1. The largest absolute Gasteiger partial charge is 0.480 e. The minimum atomic E-state index is -1.03. The van der Waals surface area contributed by atoms with Gasteiger partial charge in [0.1, 0.15) is 6.61 Å². The zero-order valence-electron chi connectivity index (χ0n) is 12.0. The van der Waals surface area contributed by atoms with Gasteiger partial charge >= 0.3 is 12.0 Å². The second-order valence-corrected chi connectivity index (χ2v) is 4.96. The number of hydrogen-bond donors (Lipinski definition) is 2. The Balaban J connectivity index is 2.41. The summed E-state index contributed by atoms with van der Waals surface area (Å²) in [5.41, 5.74) is 0.933. The Hall–Kier alpha value is -1.79. The number of urea groups is 1. The van der Waals surface area contributed by atoms with Crippen LogP contribution in [0.3, 0.4) is 0 Å². The van der Waals surface area contributed by atoms with Crippen molar-refractivity contribution in [2.75, 3.05) is 26.8 Å². The van der Waals surface area contributed by atoms with E-state index in [9.17, 15) is 9.59 Å². The van der Waals surface area contributed by atoms with Gasteiger partial charge in [-0.3, -0.25) is 0 Å². The van der Waals surface area contributed by atoms with E-state index in [1.54, 1.807) is 18.0 Å². The van der Waals surface area contributed by atoms with E-state index in [2.05, 4.69) is 5.32 Å². The molecule has 0 saturated heterocycles. The van der Waals surface area contributed by atoms with E-state index in [4.69, 9.17) is 21.4 Å². The molecule has 0 aromatic heterocycles. The monoisotopic (exact) mass is 314 g/mol. The first-order chi connectivity index (χ1) is 9.91. The third-order valence-electron chi connectivity index (χ3n) is 2.98. The number of amides is 2. The number of nitrogens with zero attached hydrogens (tertiary/aromatic N) is 1. The molecule has 0 aliphatic heterocycles. The average molecular weight is 315 g/mol. The van der Waals surface area contributed by atoms with Crippen LogP contribution >= 0.6 is 11.6 Å². The fourth-order valence-electron chi connectivity index (χ4n) is 1.68. The number of ether oxygens (including phenoxy) is 1. The molecule has 0 heterocycles. The van der Waals surface area contributed by atoms with Crippen LogP contribution in [-0.2, 0) is 9.53 Å². The predicted octanol–water partition coefficient (Wildman–Crippen LogP) is 2.14. The summed E-state index contributed by atoms with van der Waals surface area (Å²) in [6, 6.07) is 6.92. The lowest BCUT2D eigenvalue weighted by Gasteiger charge is -2.25. The Labute approximate surface area is 128 Å². The number of carboxylic acid groups (broad SMARTS) is 1. The number of carboxylic acids is 1. The molecule has 2 amide bonds. The first kappa shape index (κ1) is 17.3. The average Bonchev–Trinajstić information content (AvgIpc) is 2.44. The van der Waals surface area contributed by atoms with E-state index < -0.39 is 5.97 Å². The van der Waals surface area contributed by atoms with Crippen LogP contribution < -0.4 is 5.32 Å². The number of hydrogen-bond acceptors (Lipinski definition) is 3. The Kier molecular flexibility index (Phi) is 6.98. The molecule has 0 fully saturated rings. The molecular formula is C14H19ClN2O4. The minimum Gasteiger partial charge on any atom is -0.480 e. The summed E-state index contributed by atoms with van der Waals surface area (Å²) in [6.07, 6.45) is 0. The van der Waals surface area contributed by atoms with Crippen LogP contribution in [0.4, 0.5) is 4.79 Å². The molecule has 2 N–H and O–H groups in total. The van der Waals surface area contributed by atoms with Gasteiger partial charge in [0, 0.05) is 18.6 Å². The Morgan fingerprint density at radius 3 is 2.81 bits per heavy atom. The molecule has 1 aromatic rings. The highest BCUT2D eigenvalue weighted by Crippen LogP contribution is 2.21. The topological polar surface area (TPSA) is 78.9 Å². The number of rotatable bonds is 7. The standard InChI is InChI=1S/C14H19ClN2O4/c1-10(11-4-3-5-12(15)8-11)17(2)14(20)16-6-7-21-9-13(18)19/h3-5,8,10H,6-7,9H2,1-2H3,(H,16,20)(H,18,19). The van der Waals surface area contributed by atoms with Gasteiger partial charge in [-0.1, -0.05) is 23.7 Å². The van der Waals surface area contributed by atoms with E-state index >= 15 is 0 Å². The number of benzene rings is 1. The smallest absolute Gasteiger partial charge is 0.329 e. The summed E-state index contributed by atoms with van der Waals surface area (Å²) < 4.78 is 4.84. The van der Waals surface area contributed by atoms with Crippen LogP contribution in [0.1, 0.15) is 18.5 Å². The van der Waals surface area contributed by atoms with Crippen molar-refractivity contribution in [3.05, 3.63) is 34.9 Å². The van der Waals surface area contributed by atoms with E-state index in [1.165, 1.54) is 0 Å². The number of halogens is 1. The van der Waals surface area contributed by atoms with Crippen molar-refractivity contribution in [2.45, 2.75) is 13.0 Å². The van der Waals surface area contributed by atoms with Gasteiger partial charge in [0.05, 0.1) is 12.6 Å². The first-order valence-electron chi connectivity index (χ1n) is 6.47. The van der Waals surface area contributed by atoms with Crippen molar-refractivity contribution in [2.24, 2.45) is 0 Å². The number of carbonyl (C=O) groups excluding carboxylic acids is 1. The molecular weight excluding hydrogens is 296 g/mol. The van der Waals surface area contributed by atoms with E-state index in [1.807, 2.05) is 25.1 Å². The maximum Gasteiger partial charge on any atom is 0.329 e. The van der Waals surface area contributed by atoms with Crippen molar-refractivity contribution in [3.63, 3.8) is 0 Å². The zero-order valence-corrected chi connectivity index (χ0v) is 12.8. The lowest BCUT2D eigenvalue weighted by atomic mass is 10.1. The molecule has 1 unspecified atom stereocenters. The van der Waals surface area contributed by atoms with Crippen molar-refractivity contribution in [1.82, 2.24) is 10.2 Å². The van der Waals surface area contributed by atoms with Crippen LogP contribution in [0.5, 0.6) is 0 Å². The van der Waals surface area contributed by atoms with Crippen LogP contribution in [0, 0.1) is 0 Å². The molecule has 116 valence electrons. The summed E-state index contributed by atoms with van der Waals surface area (Å²) in [5, 5.41) is 11.7. The van der Waals surface area contributed by atoms with Gasteiger partial charge in [-0.25, -0.2) is 9.59 Å². The highest BCUT2D eigenvalue weighted by molar-refractivity contribution is 6.30. The van der Waals surface area contributed by atoms with Gasteiger partial charge < -0.3 is 20.1 Å². The maximum absolute atomic E-state index is 11.9. The molecule has 0 bridgehead atoms. The fourth-order valence-corrected chi connectivity index (χ4v) is 1.88. The van der Waals surface area contributed by atoms with Crippen LogP contribution in [0.2, 0.25) is 5.02 Å². The van der Waals surface area contributed by atoms with Crippen molar-refractivity contribution in [3.8, 4) is 0 Å². The van der Waals surface area contributed by atoms with Crippen LogP contribution in [-0.4, -0.2) is 48.8 Å². The number of aliphatic carboxylic acids is 1. The van der Waals surface area contributed by atoms with Crippen molar-refractivity contribution < 1.29 is 19.4 Å². The summed E-state index contributed by atoms with van der Waals surface area (Å²) in [6.45, 7) is 1.92. The molecule has 1 rings (SSSR count). The quantitative estimate of drug-likeness (QED) is 0.756. The summed E-state index contributed by atoms with van der Waals surface area (Å²) in [5.74, 6) is -1.03. The van der Waals surface area contributed by atoms with Crippen molar-refractivity contribution in [1.29, 1.82) is 0 Å². The molecule has 1 atom stereocenters. The van der Waals surface area contributed by atoms with E-state index in [0.29, 0.717) is 5.02 Å². The molecule has 0 aliphatic rings. The van der Waals surface area contributed by atoms with Gasteiger partial charge in [0.25, 0.3) is 0 Å². The van der Waals surface area contributed by atoms with Gasteiger partial charge in [-0.2, -0.15) is 0 Å². The zero-order chi connectivity index (χ0) is 15.8. The minimum absolute atomic E-state index is 0.136. The molecule has 0 radical (unpaired) electrons. The summed E-state index contributed by atoms with van der Waals surface area (Å²) in [4.78, 5) is 23.7. The van der Waals surface area contributed by atoms with Crippen molar-refractivity contribution >= 4 is 23.6 Å². The molecule has 0 spiro atoms. The van der Waals surface area contributed by atoms with Gasteiger partial charge in [0.15, 0.2) is 0 Å². The predicted molar refractivity (Wildman–Crippen MR) is 79.5 cm³/mol. The van der Waals surface area contributed by atoms with E-state index in [-0.39, 0.29) is 31.8 Å². The summed E-state index contributed by atoms with van der Waals surface area (Å²) >= 11 is 5.93. The molecule has 1 aromatic carbocycles. The molecule has 0 aliphatic carbocycles. The van der Waals surface area contributed by atoms with E-state index in [0.717, 1.165) is 5.56 Å². The Morgan fingerprint density at radius 1 is 1.48 bits per heavy atom. The highest BCUT2D eigenvalue weighted by Gasteiger charge is 2.17. The van der Waals surface area contributed by atoms with Crippen LogP contribution in [0.15, 0.2) is 24.3 Å². The first-order valence-corrected chi connectivity index (χ1v) is 6.85. The van der Waals surface area contributed by atoms with Gasteiger partial charge in [0.2, 0.25) is 0 Å². The molecule has 6 nitrogen and oxygen atoms in total. The lowest BCUT2D eigenvalue weighted by Crippen LogP contribution is -2.40. The van der Waals surface area contributed by atoms with Gasteiger partial charge in [-0.15, -0.1) is 0 Å². The SMILES string of the molecule is CC(c1cccc(Cl)c1)N(C)C(=O)NCCOCC(=O)O. The van der Waals surface area contributed by atoms with Gasteiger partial charge in [-0.05, 0) is 24.6 Å². The third-order valence-corrected chi connectivity index (χ3v) is 3.22. The third kappa shape index (κ3) is 6.01. The number of carbonyl (C=O) groups is 2.